The summed E-state index contributed by atoms with van der Waals surface area (Å²) >= 11 is 0. The summed E-state index contributed by atoms with van der Waals surface area (Å²) < 4.78 is 30.3. The summed E-state index contributed by atoms with van der Waals surface area (Å²) in [5.74, 6) is 0.652. The van der Waals surface area contributed by atoms with Gasteiger partial charge in [0.25, 0.3) is 0 Å². The first-order valence-electron chi connectivity index (χ1n) is 6.32. The lowest BCUT2D eigenvalue weighted by Gasteiger charge is -2.42. The molecular weight excluding hydrogens is 249 g/mol. The number of benzene rings is 1. The van der Waals surface area contributed by atoms with Crippen LogP contribution >= 0.6 is 0 Å². The van der Waals surface area contributed by atoms with Crippen LogP contribution < -0.4 is 19.9 Å². The second kappa shape index (κ2) is 5.25. The van der Waals surface area contributed by atoms with Gasteiger partial charge in [-0.3, -0.25) is 0 Å². The Hall–Kier alpha value is -1.49. The van der Waals surface area contributed by atoms with E-state index in [1.54, 1.807) is 0 Å². The highest BCUT2D eigenvalue weighted by Gasteiger charge is 2.43. The standard InChI is InChI=1S/C14H20FNO3/c1-17-9-7-10(18-2)13(19-3)11(12(9)15)14(8-16)5-4-6-14/h7H,4-6,8,16H2,1-3H3. The molecular formula is C14H20FNO3. The Morgan fingerprint density at radius 2 is 1.79 bits per heavy atom. The summed E-state index contributed by atoms with van der Waals surface area (Å²) in [4.78, 5) is 0. The zero-order chi connectivity index (χ0) is 14.0. The highest BCUT2D eigenvalue weighted by Crippen LogP contribution is 2.52. The molecule has 1 aromatic carbocycles. The summed E-state index contributed by atoms with van der Waals surface area (Å²) in [5, 5.41) is 0. The molecule has 0 unspecified atom stereocenters. The number of ether oxygens (including phenoxy) is 3. The minimum Gasteiger partial charge on any atom is -0.494 e. The SMILES string of the molecule is COc1cc(OC)c(OC)c(C2(CN)CCC2)c1F. The third kappa shape index (κ3) is 2.02. The molecule has 0 radical (unpaired) electrons. The average Bonchev–Trinajstić information content (AvgIpc) is 2.39. The van der Waals surface area contributed by atoms with Gasteiger partial charge in [-0.25, -0.2) is 4.39 Å². The van der Waals surface area contributed by atoms with Crippen LogP contribution in [0.4, 0.5) is 4.39 Å². The van der Waals surface area contributed by atoms with Crippen LogP contribution in [0.1, 0.15) is 24.8 Å². The molecule has 1 saturated carbocycles. The molecule has 19 heavy (non-hydrogen) atoms. The lowest BCUT2D eigenvalue weighted by Crippen LogP contribution is -2.42. The number of halogens is 1. The van der Waals surface area contributed by atoms with Crippen molar-refractivity contribution in [3.63, 3.8) is 0 Å². The van der Waals surface area contributed by atoms with Crippen molar-refractivity contribution in [2.24, 2.45) is 5.73 Å². The normalized spacial score (nSPS) is 16.7. The van der Waals surface area contributed by atoms with Gasteiger partial charge in [-0.2, -0.15) is 0 Å². The maximum Gasteiger partial charge on any atom is 0.172 e. The van der Waals surface area contributed by atoms with Crippen LogP contribution in [0.25, 0.3) is 0 Å². The monoisotopic (exact) mass is 269 g/mol. The first kappa shape index (κ1) is 13.9. The fourth-order valence-corrected chi connectivity index (χ4v) is 2.73. The molecule has 0 aliphatic heterocycles. The Balaban J connectivity index is 2.68. The highest BCUT2D eigenvalue weighted by atomic mass is 19.1. The number of hydrogen-bond donors (Lipinski definition) is 1. The second-order valence-electron chi connectivity index (χ2n) is 4.84. The van der Waals surface area contributed by atoms with Gasteiger partial charge in [0.1, 0.15) is 0 Å². The lowest BCUT2D eigenvalue weighted by molar-refractivity contribution is 0.227. The molecule has 1 aliphatic rings. The molecule has 5 heteroatoms. The smallest absolute Gasteiger partial charge is 0.172 e. The van der Waals surface area contributed by atoms with Gasteiger partial charge in [0, 0.05) is 23.6 Å². The first-order chi connectivity index (χ1) is 9.13. The maximum absolute atomic E-state index is 14.6. The van der Waals surface area contributed by atoms with E-state index in [0.717, 1.165) is 19.3 Å². The molecule has 1 fully saturated rings. The Bertz CT molecular complexity index is 467. The van der Waals surface area contributed by atoms with Crippen molar-refractivity contribution in [3.05, 3.63) is 17.4 Å². The Morgan fingerprint density at radius 3 is 2.16 bits per heavy atom. The third-order valence-electron chi connectivity index (χ3n) is 4.02. The topological polar surface area (TPSA) is 53.7 Å². The van der Waals surface area contributed by atoms with E-state index in [1.165, 1.54) is 27.4 Å². The zero-order valence-electron chi connectivity index (χ0n) is 11.6. The Morgan fingerprint density at radius 1 is 1.16 bits per heavy atom. The summed E-state index contributed by atoms with van der Waals surface area (Å²) in [5.41, 5.74) is 5.99. The van der Waals surface area contributed by atoms with Gasteiger partial charge in [-0.15, -0.1) is 0 Å². The van der Waals surface area contributed by atoms with Gasteiger partial charge in [-0.1, -0.05) is 6.42 Å². The molecule has 2 rings (SSSR count). The number of rotatable bonds is 5. The summed E-state index contributed by atoms with van der Waals surface area (Å²) in [6.07, 6.45) is 2.75. The largest absolute Gasteiger partial charge is 0.494 e. The number of hydrogen-bond acceptors (Lipinski definition) is 4. The minimum absolute atomic E-state index is 0.160. The van der Waals surface area contributed by atoms with E-state index in [4.69, 9.17) is 19.9 Å². The average molecular weight is 269 g/mol. The van der Waals surface area contributed by atoms with Crippen molar-refractivity contribution < 1.29 is 18.6 Å². The van der Waals surface area contributed by atoms with Gasteiger partial charge in [-0.05, 0) is 12.8 Å². The first-order valence-corrected chi connectivity index (χ1v) is 6.32. The fourth-order valence-electron chi connectivity index (χ4n) is 2.73. The van der Waals surface area contributed by atoms with Crippen molar-refractivity contribution in [2.45, 2.75) is 24.7 Å². The van der Waals surface area contributed by atoms with Crippen molar-refractivity contribution in [3.8, 4) is 17.2 Å². The Labute approximate surface area is 112 Å². The van der Waals surface area contributed by atoms with Crippen molar-refractivity contribution >= 4 is 0 Å². The fraction of sp³-hybridized carbons (Fsp3) is 0.571. The summed E-state index contributed by atoms with van der Waals surface area (Å²) in [7, 11) is 4.47. The second-order valence-corrected chi connectivity index (χ2v) is 4.84. The van der Waals surface area contributed by atoms with E-state index >= 15 is 0 Å². The summed E-state index contributed by atoms with van der Waals surface area (Å²) in [6.45, 7) is 0.386. The predicted molar refractivity (Wildman–Crippen MR) is 70.6 cm³/mol. The third-order valence-corrected chi connectivity index (χ3v) is 4.02. The number of methoxy groups -OCH3 is 3. The molecule has 0 spiro atoms. The van der Waals surface area contributed by atoms with E-state index in [-0.39, 0.29) is 11.2 Å². The van der Waals surface area contributed by atoms with Crippen molar-refractivity contribution in [1.82, 2.24) is 0 Å². The molecule has 0 atom stereocenters. The molecule has 0 bridgehead atoms. The van der Waals surface area contributed by atoms with Crippen LogP contribution in [0, 0.1) is 5.82 Å². The van der Waals surface area contributed by atoms with Crippen molar-refractivity contribution in [1.29, 1.82) is 0 Å². The van der Waals surface area contributed by atoms with Gasteiger partial charge in [0.2, 0.25) is 0 Å². The van der Waals surface area contributed by atoms with E-state index in [0.29, 0.717) is 23.6 Å². The van der Waals surface area contributed by atoms with Gasteiger partial charge in [0.05, 0.1) is 21.3 Å². The maximum atomic E-state index is 14.6. The van der Waals surface area contributed by atoms with E-state index in [9.17, 15) is 4.39 Å². The van der Waals surface area contributed by atoms with Crippen LogP contribution in [0.5, 0.6) is 17.2 Å². The lowest BCUT2D eigenvalue weighted by atomic mass is 9.64. The molecule has 0 amide bonds. The molecule has 0 saturated heterocycles. The van der Waals surface area contributed by atoms with E-state index < -0.39 is 5.82 Å². The molecule has 1 aromatic rings. The van der Waals surface area contributed by atoms with Crippen LogP contribution in [0.2, 0.25) is 0 Å². The molecule has 1 aliphatic carbocycles. The molecule has 4 nitrogen and oxygen atoms in total. The summed E-state index contributed by atoms with van der Waals surface area (Å²) in [6, 6.07) is 1.50. The molecule has 106 valence electrons. The van der Waals surface area contributed by atoms with E-state index in [2.05, 4.69) is 0 Å². The van der Waals surface area contributed by atoms with Crippen LogP contribution in [-0.4, -0.2) is 27.9 Å². The molecule has 0 aromatic heterocycles. The zero-order valence-corrected chi connectivity index (χ0v) is 11.6. The number of nitrogens with two attached hydrogens (primary N) is 1. The highest BCUT2D eigenvalue weighted by molar-refractivity contribution is 5.56. The van der Waals surface area contributed by atoms with E-state index in [1.807, 2.05) is 0 Å². The van der Waals surface area contributed by atoms with Gasteiger partial charge in [0.15, 0.2) is 23.1 Å². The predicted octanol–water partition coefficient (Wildman–Crippen LogP) is 2.23. The Kier molecular flexibility index (Phi) is 3.85. The van der Waals surface area contributed by atoms with Crippen LogP contribution in [0.3, 0.4) is 0 Å². The van der Waals surface area contributed by atoms with Crippen molar-refractivity contribution in [2.75, 3.05) is 27.9 Å². The molecule has 0 heterocycles. The van der Waals surface area contributed by atoms with Gasteiger partial charge >= 0.3 is 0 Å². The van der Waals surface area contributed by atoms with Crippen LogP contribution in [0.15, 0.2) is 6.07 Å². The molecule has 2 N–H and O–H groups in total. The van der Waals surface area contributed by atoms with Gasteiger partial charge < -0.3 is 19.9 Å². The minimum atomic E-state index is -0.398. The van der Waals surface area contributed by atoms with Crippen LogP contribution in [-0.2, 0) is 5.41 Å². The quantitative estimate of drug-likeness (QED) is 0.890.